The molecule has 0 radical (unpaired) electrons. The van der Waals surface area contributed by atoms with Crippen LogP contribution in [0.1, 0.15) is 43.9 Å². The van der Waals surface area contributed by atoms with Crippen LogP contribution in [0.5, 0.6) is 0 Å². The largest absolute Gasteiger partial charge is 0.416 e. The Labute approximate surface area is 125 Å². The van der Waals surface area contributed by atoms with Gasteiger partial charge in [0.05, 0.1) is 5.56 Å². The molecule has 0 bridgehead atoms. The molecule has 0 heterocycles. The number of nitrogens with one attached hydrogen (secondary N) is 1. The highest BCUT2D eigenvalue weighted by Gasteiger charge is 2.31. The Morgan fingerprint density at radius 2 is 1.90 bits per heavy atom. The second-order valence-electron chi connectivity index (χ2n) is 5.39. The van der Waals surface area contributed by atoms with Gasteiger partial charge in [-0.05, 0) is 50.7 Å². The molecule has 120 valence electrons. The van der Waals surface area contributed by atoms with E-state index in [-0.39, 0.29) is 6.04 Å². The van der Waals surface area contributed by atoms with Crippen molar-refractivity contribution in [1.82, 2.24) is 10.2 Å². The predicted octanol–water partition coefficient (Wildman–Crippen LogP) is 4.09. The van der Waals surface area contributed by atoms with Crippen LogP contribution >= 0.6 is 0 Å². The zero-order valence-electron chi connectivity index (χ0n) is 13.0. The van der Waals surface area contributed by atoms with E-state index in [1.165, 1.54) is 12.1 Å². The van der Waals surface area contributed by atoms with E-state index >= 15 is 0 Å². The van der Waals surface area contributed by atoms with Crippen molar-refractivity contribution in [3.63, 3.8) is 0 Å². The molecule has 1 rings (SSSR count). The van der Waals surface area contributed by atoms with E-state index < -0.39 is 11.7 Å². The van der Waals surface area contributed by atoms with Gasteiger partial charge in [-0.25, -0.2) is 0 Å². The standard InChI is InChI=1S/C16H25F3N2/c1-4-9-20-15(12-21(3)10-5-2)13-7-6-8-14(11-13)16(17,18)19/h6-8,11,15,20H,4-5,9-10,12H2,1-3H3. The van der Waals surface area contributed by atoms with Crippen LogP contribution in [0.3, 0.4) is 0 Å². The summed E-state index contributed by atoms with van der Waals surface area (Å²) in [5.74, 6) is 0. The van der Waals surface area contributed by atoms with Crippen LogP contribution in [0.4, 0.5) is 13.2 Å². The summed E-state index contributed by atoms with van der Waals surface area (Å²) in [5.41, 5.74) is 0.114. The van der Waals surface area contributed by atoms with Gasteiger partial charge in [0.2, 0.25) is 0 Å². The summed E-state index contributed by atoms with van der Waals surface area (Å²) >= 11 is 0. The molecule has 0 aliphatic heterocycles. The van der Waals surface area contributed by atoms with Crippen molar-refractivity contribution in [1.29, 1.82) is 0 Å². The molecule has 0 saturated heterocycles. The molecule has 1 aromatic carbocycles. The van der Waals surface area contributed by atoms with Crippen molar-refractivity contribution in [2.45, 2.75) is 38.9 Å². The average Bonchev–Trinajstić information content (AvgIpc) is 2.43. The van der Waals surface area contributed by atoms with Gasteiger partial charge in [-0.1, -0.05) is 26.0 Å². The van der Waals surface area contributed by atoms with Gasteiger partial charge in [-0.3, -0.25) is 0 Å². The summed E-state index contributed by atoms with van der Waals surface area (Å²) in [6.45, 7) is 6.57. The molecule has 1 unspecified atom stereocenters. The molecule has 5 heteroatoms. The molecule has 1 atom stereocenters. The fourth-order valence-corrected chi connectivity index (χ4v) is 2.32. The Bertz CT molecular complexity index is 418. The zero-order chi connectivity index (χ0) is 15.9. The van der Waals surface area contributed by atoms with Crippen molar-refractivity contribution >= 4 is 0 Å². The molecule has 0 aromatic heterocycles. The van der Waals surface area contributed by atoms with Crippen LogP contribution in [0, 0.1) is 0 Å². The first-order valence-electron chi connectivity index (χ1n) is 7.47. The molecule has 0 fully saturated rings. The van der Waals surface area contributed by atoms with Gasteiger partial charge in [0.25, 0.3) is 0 Å². The Balaban J connectivity index is 2.91. The lowest BCUT2D eigenvalue weighted by molar-refractivity contribution is -0.137. The van der Waals surface area contributed by atoms with E-state index in [1.807, 2.05) is 14.0 Å². The number of likely N-dealkylation sites (N-methyl/N-ethyl adjacent to an activating group) is 1. The number of halogens is 3. The van der Waals surface area contributed by atoms with Crippen molar-refractivity contribution < 1.29 is 13.2 Å². The first-order chi connectivity index (χ1) is 9.88. The van der Waals surface area contributed by atoms with E-state index in [2.05, 4.69) is 17.1 Å². The molecule has 2 nitrogen and oxygen atoms in total. The second kappa shape index (κ2) is 8.39. The number of rotatable bonds is 8. The number of nitrogens with zero attached hydrogens (tertiary/aromatic N) is 1. The van der Waals surface area contributed by atoms with Gasteiger partial charge >= 0.3 is 6.18 Å². The summed E-state index contributed by atoms with van der Waals surface area (Å²) in [6, 6.07) is 5.55. The Morgan fingerprint density at radius 1 is 1.19 bits per heavy atom. The lowest BCUT2D eigenvalue weighted by atomic mass is 10.0. The number of hydrogen-bond acceptors (Lipinski definition) is 2. The van der Waals surface area contributed by atoms with E-state index in [1.54, 1.807) is 6.07 Å². The van der Waals surface area contributed by atoms with Crippen LogP contribution in [0.15, 0.2) is 24.3 Å². The van der Waals surface area contributed by atoms with Gasteiger partial charge in [0.1, 0.15) is 0 Å². The number of hydrogen-bond donors (Lipinski definition) is 1. The zero-order valence-corrected chi connectivity index (χ0v) is 13.0. The topological polar surface area (TPSA) is 15.3 Å². The monoisotopic (exact) mass is 302 g/mol. The van der Waals surface area contributed by atoms with Crippen LogP contribution in [0.25, 0.3) is 0 Å². The average molecular weight is 302 g/mol. The van der Waals surface area contributed by atoms with Crippen LogP contribution in [-0.4, -0.2) is 31.6 Å². The van der Waals surface area contributed by atoms with Crippen molar-refractivity contribution in [2.75, 3.05) is 26.7 Å². The van der Waals surface area contributed by atoms with Gasteiger partial charge in [0, 0.05) is 12.6 Å². The maximum absolute atomic E-state index is 12.8. The minimum Gasteiger partial charge on any atom is -0.309 e. The molecular formula is C16H25F3N2. The quantitative estimate of drug-likeness (QED) is 0.778. The summed E-state index contributed by atoms with van der Waals surface area (Å²) < 4.78 is 38.5. The first kappa shape index (κ1) is 18.0. The van der Waals surface area contributed by atoms with Crippen molar-refractivity contribution in [3.8, 4) is 0 Å². The smallest absolute Gasteiger partial charge is 0.309 e. The van der Waals surface area contributed by atoms with E-state index in [9.17, 15) is 13.2 Å². The first-order valence-corrected chi connectivity index (χ1v) is 7.47. The van der Waals surface area contributed by atoms with Crippen molar-refractivity contribution in [3.05, 3.63) is 35.4 Å². The Morgan fingerprint density at radius 3 is 2.48 bits per heavy atom. The van der Waals surface area contributed by atoms with Crippen LogP contribution < -0.4 is 5.32 Å². The molecular weight excluding hydrogens is 277 g/mol. The lowest BCUT2D eigenvalue weighted by Gasteiger charge is -2.25. The maximum atomic E-state index is 12.8. The predicted molar refractivity (Wildman–Crippen MR) is 80.3 cm³/mol. The summed E-state index contributed by atoms with van der Waals surface area (Å²) in [5, 5.41) is 3.34. The maximum Gasteiger partial charge on any atom is 0.416 e. The second-order valence-corrected chi connectivity index (χ2v) is 5.39. The molecule has 0 saturated carbocycles. The number of benzene rings is 1. The molecule has 0 amide bonds. The Kier molecular flexibility index (Phi) is 7.18. The van der Waals surface area contributed by atoms with Crippen molar-refractivity contribution in [2.24, 2.45) is 0 Å². The third kappa shape index (κ3) is 6.06. The highest BCUT2D eigenvalue weighted by molar-refractivity contribution is 5.28. The highest BCUT2D eigenvalue weighted by atomic mass is 19.4. The van der Waals surface area contributed by atoms with Crippen LogP contribution in [-0.2, 0) is 6.18 Å². The summed E-state index contributed by atoms with van der Waals surface area (Å²) in [6.07, 6.45) is -2.31. The van der Waals surface area contributed by atoms with Gasteiger partial charge < -0.3 is 10.2 Å². The summed E-state index contributed by atoms with van der Waals surface area (Å²) in [4.78, 5) is 2.15. The van der Waals surface area contributed by atoms with E-state index in [0.29, 0.717) is 12.1 Å². The molecule has 0 spiro atoms. The molecule has 21 heavy (non-hydrogen) atoms. The highest BCUT2D eigenvalue weighted by Crippen LogP contribution is 2.30. The third-order valence-electron chi connectivity index (χ3n) is 3.36. The molecule has 1 aromatic rings. The minimum atomic E-state index is -4.29. The van der Waals surface area contributed by atoms with E-state index in [0.717, 1.165) is 32.0 Å². The SMILES string of the molecule is CCCNC(CN(C)CCC)c1cccc(C(F)(F)F)c1. The van der Waals surface area contributed by atoms with Gasteiger partial charge in [0.15, 0.2) is 0 Å². The minimum absolute atomic E-state index is 0.0798. The van der Waals surface area contributed by atoms with Gasteiger partial charge in [-0.15, -0.1) is 0 Å². The fraction of sp³-hybridized carbons (Fsp3) is 0.625. The Hall–Kier alpha value is -1.07. The lowest BCUT2D eigenvalue weighted by Crippen LogP contribution is -2.34. The van der Waals surface area contributed by atoms with Crippen LogP contribution in [0.2, 0.25) is 0 Å². The van der Waals surface area contributed by atoms with Gasteiger partial charge in [-0.2, -0.15) is 13.2 Å². The third-order valence-corrected chi connectivity index (χ3v) is 3.36. The normalized spacial score (nSPS) is 13.7. The van der Waals surface area contributed by atoms with E-state index in [4.69, 9.17) is 0 Å². The molecule has 1 N–H and O–H groups in total. The fourth-order valence-electron chi connectivity index (χ4n) is 2.32. The number of alkyl halides is 3. The summed E-state index contributed by atoms with van der Waals surface area (Å²) in [7, 11) is 2.00. The molecule has 0 aliphatic carbocycles. The molecule has 0 aliphatic rings.